The molecule has 0 unspecified atom stereocenters. The van der Waals surface area contributed by atoms with Gasteiger partial charge >= 0.3 is 0 Å². The van der Waals surface area contributed by atoms with Crippen molar-refractivity contribution in [2.75, 3.05) is 11.9 Å². The zero-order valence-electron chi connectivity index (χ0n) is 15.6. The van der Waals surface area contributed by atoms with E-state index in [2.05, 4.69) is 15.3 Å². The number of hydrogen-bond donors (Lipinski definition) is 1. The van der Waals surface area contributed by atoms with Crippen LogP contribution in [0.25, 0.3) is 22.7 Å². The number of nitrogens with one attached hydrogen (secondary N) is 1. The van der Waals surface area contributed by atoms with Crippen LogP contribution in [0.5, 0.6) is 5.75 Å². The van der Waals surface area contributed by atoms with Gasteiger partial charge in [0.25, 0.3) is 5.91 Å². The number of hydrogen-bond acceptors (Lipinski definition) is 5. The predicted molar refractivity (Wildman–Crippen MR) is 108 cm³/mol. The number of carbonyl (C=O) groups is 1. The predicted octanol–water partition coefficient (Wildman–Crippen LogP) is 4.85. The standard InChI is InChI=1S/C22H19N3O3/c1-3-27-16-11-9-15(10-12-16)21(26)24-18-7-4-6-17(14(18)2)22-25-20-19(28-22)8-5-13-23-20/h4-13H,3H2,1-2H3,(H,24,26). The van der Waals surface area contributed by atoms with Crippen LogP contribution in [-0.4, -0.2) is 22.5 Å². The minimum Gasteiger partial charge on any atom is -0.494 e. The SMILES string of the molecule is CCOc1ccc(C(=O)Nc2cccc(-c3nc4ncccc4o3)c2C)cc1. The minimum absolute atomic E-state index is 0.192. The zero-order chi connectivity index (χ0) is 19.5. The van der Waals surface area contributed by atoms with E-state index in [0.29, 0.717) is 35.0 Å². The highest BCUT2D eigenvalue weighted by Crippen LogP contribution is 2.30. The van der Waals surface area contributed by atoms with E-state index in [1.165, 1.54) is 0 Å². The van der Waals surface area contributed by atoms with Crippen molar-refractivity contribution in [3.63, 3.8) is 0 Å². The lowest BCUT2D eigenvalue weighted by Crippen LogP contribution is -2.13. The molecule has 6 heteroatoms. The molecule has 28 heavy (non-hydrogen) atoms. The van der Waals surface area contributed by atoms with E-state index in [4.69, 9.17) is 9.15 Å². The molecule has 1 amide bonds. The number of anilines is 1. The van der Waals surface area contributed by atoms with Crippen molar-refractivity contribution < 1.29 is 13.9 Å². The normalized spacial score (nSPS) is 10.8. The highest BCUT2D eigenvalue weighted by molar-refractivity contribution is 6.05. The first-order valence-corrected chi connectivity index (χ1v) is 9.01. The van der Waals surface area contributed by atoms with Crippen LogP contribution in [0.1, 0.15) is 22.8 Å². The molecule has 0 saturated heterocycles. The fraction of sp³-hybridized carbons (Fsp3) is 0.136. The van der Waals surface area contributed by atoms with Gasteiger partial charge in [0.1, 0.15) is 5.75 Å². The van der Waals surface area contributed by atoms with Gasteiger partial charge in [-0.3, -0.25) is 4.79 Å². The van der Waals surface area contributed by atoms with Gasteiger partial charge in [-0.1, -0.05) is 6.07 Å². The van der Waals surface area contributed by atoms with E-state index in [1.807, 2.05) is 38.1 Å². The van der Waals surface area contributed by atoms with Crippen molar-refractivity contribution in [3.8, 4) is 17.2 Å². The number of nitrogens with zero attached hydrogens (tertiary/aromatic N) is 2. The lowest BCUT2D eigenvalue weighted by Gasteiger charge is -2.11. The van der Waals surface area contributed by atoms with Crippen molar-refractivity contribution in [1.29, 1.82) is 0 Å². The first kappa shape index (κ1) is 17.7. The number of carbonyl (C=O) groups excluding carboxylic acids is 1. The first-order chi connectivity index (χ1) is 13.7. The number of oxazole rings is 1. The maximum atomic E-state index is 12.6. The first-order valence-electron chi connectivity index (χ1n) is 9.01. The van der Waals surface area contributed by atoms with E-state index in [0.717, 1.165) is 16.9 Å². The fourth-order valence-corrected chi connectivity index (χ4v) is 2.95. The number of aromatic nitrogens is 2. The Kier molecular flexibility index (Phi) is 4.76. The summed E-state index contributed by atoms with van der Waals surface area (Å²) in [6.45, 7) is 4.43. The second-order valence-corrected chi connectivity index (χ2v) is 6.23. The summed E-state index contributed by atoms with van der Waals surface area (Å²) in [6, 6.07) is 16.3. The molecule has 0 aliphatic heterocycles. The molecule has 0 radical (unpaired) electrons. The van der Waals surface area contributed by atoms with Crippen LogP contribution in [0.2, 0.25) is 0 Å². The Morgan fingerprint density at radius 1 is 1.11 bits per heavy atom. The topological polar surface area (TPSA) is 77.2 Å². The molecule has 0 atom stereocenters. The number of fused-ring (bicyclic) bond motifs is 1. The quantitative estimate of drug-likeness (QED) is 0.541. The fourth-order valence-electron chi connectivity index (χ4n) is 2.95. The number of benzene rings is 2. The molecule has 0 saturated carbocycles. The van der Waals surface area contributed by atoms with Gasteiger partial charge in [0.2, 0.25) is 5.89 Å². The van der Waals surface area contributed by atoms with E-state index < -0.39 is 0 Å². The summed E-state index contributed by atoms with van der Waals surface area (Å²) in [6.07, 6.45) is 1.68. The monoisotopic (exact) mass is 373 g/mol. The Morgan fingerprint density at radius 3 is 2.68 bits per heavy atom. The molecule has 0 spiro atoms. The molecule has 2 aromatic carbocycles. The van der Waals surface area contributed by atoms with Crippen LogP contribution in [0.4, 0.5) is 5.69 Å². The summed E-state index contributed by atoms with van der Waals surface area (Å²) in [5, 5.41) is 2.96. The van der Waals surface area contributed by atoms with Gasteiger partial charge in [0, 0.05) is 23.0 Å². The molecule has 0 aliphatic carbocycles. The molecule has 2 heterocycles. The molecule has 0 bridgehead atoms. The second-order valence-electron chi connectivity index (χ2n) is 6.23. The minimum atomic E-state index is -0.192. The van der Waals surface area contributed by atoms with Gasteiger partial charge in [0.15, 0.2) is 11.2 Å². The smallest absolute Gasteiger partial charge is 0.255 e. The van der Waals surface area contributed by atoms with Crippen LogP contribution in [-0.2, 0) is 0 Å². The Labute approximate surface area is 162 Å². The average Bonchev–Trinajstić information content (AvgIpc) is 3.14. The summed E-state index contributed by atoms with van der Waals surface area (Å²) in [5.74, 6) is 1.02. The average molecular weight is 373 g/mol. The van der Waals surface area contributed by atoms with Crippen LogP contribution < -0.4 is 10.1 Å². The van der Waals surface area contributed by atoms with Gasteiger partial charge < -0.3 is 14.5 Å². The molecule has 1 N–H and O–H groups in total. The molecule has 0 aliphatic rings. The number of pyridine rings is 1. The van der Waals surface area contributed by atoms with Gasteiger partial charge in [-0.2, -0.15) is 4.98 Å². The van der Waals surface area contributed by atoms with Crippen LogP contribution in [0.3, 0.4) is 0 Å². The third-order valence-electron chi connectivity index (χ3n) is 4.40. The summed E-state index contributed by atoms with van der Waals surface area (Å²) in [5.41, 5.74) is 4.11. The molecule has 4 rings (SSSR count). The number of amides is 1. The molecule has 6 nitrogen and oxygen atoms in total. The second kappa shape index (κ2) is 7.52. The number of rotatable bonds is 5. The lowest BCUT2D eigenvalue weighted by atomic mass is 10.1. The van der Waals surface area contributed by atoms with Crippen molar-refractivity contribution in [3.05, 3.63) is 71.9 Å². The van der Waals surface area contributed by atoms with Gasteiger partial charge in [-0.25, -0.2) is 4.98 Å². The summed E-state index contributed by atoms with van der Waals surface area (Å²) in [4.78, 5) is 21.3. The third-order valence-corrected chi connectivity index (χ3v) is 4.40. The summed E-state index contributed by atoms with van der Waals surface area (Å²) >= 11 is 0. The van der Waals surface area contributed by atoms with Crippen molar-refractivity contribution >= 4 is 22.8 Å². The van der Waals surface area contributed by atoms with Gasteiger partial charge in [-0.05, 0) is 67.9 Å². The molecule has 2 aromatic heterocycles. The number of ether oxygens (including phenoxy) is 1. The maximum Gasteiger partial charge on any atom is 0.255 e. The lowest BCUT2D eigenvalue weighted by molar-refractivity contribution is 0.102. The summed E-state index contributed by atoms with van der Waals surface area (Å²) in [7, 11) is 0. The van der Waals surface area contributed by atoms with Gasteiger partial charge in [-0.15, -0.1) is 0 Å². The largest absolute Gasteiger partial charge is 0.494 e. The van der Waals surface area contributed by atoms with Crippen molar-refractivity contribution in [2.45, 2.75) is 13.8 Å². The Bertz CT molecular complexity index is 1100. The molecular weight excluding hydrogens is 354 g/mol. The summed E-state index contributed by atoms with van der Waals surface area (Å²) < 4.78 is 11.2. The van der Waals surface area contributed by atoms with Crippen molar-refractivity contribution in [2.24, 2.45) is 0 Å². The van der Waals surface area contributed by atoms with Crippen LogP contribution in [0, 0.1) is 6.92 Å². The molecule has 140 valence electrons. The molecule has 4 aromatic rings. The zero-order valence-corrected chi connectivity index (χ0v) is 15.6. The van der Waals surface area contributed by atoms with Gasteiger partial charge in [0.05, 0.1) is 6.61 Å². The van der Waals surface area contributed by atoms with Crippen molar-refractivity contribution in [1.82, 2.24) is 9.97 Å². The van der Waals surface area contributed by atoms with E-state index in [1.54, 1.807) is 36.5 Å². The Hall–Kier alpha value is -3.67. The van der Waals surface area contributed by atoms with E-state index >= 15 is 0 Å². The molecule has 0 fully saturated rings. The van der Waals surface area contributed by atoms with Crippen LogP contribution >= 0.6 is 0 Å². The highest BCUT2D eigenvalue weighted by atomic mass is 16.5. The van der Waals surface area contributed by atoms with E-state index in [9.17, 15) is 4.79 Å². The third kappa shape index (κ3) is 3.44. The Balaban J connectivity index is 1.60. The molecular formula is C22H19N3O3. The van der Waals surface area contributed by atoms with E-state index in [-0.39, 0.29) is 5.91 Å². The maximum absolute atomic E-state index is 12.6. The Morgan fingerprint density at radius 2 is 1.93 bits per heavy atom. The van der Waals surface area contributed by atoms with Crippen LogP contribution in [0.15, 0.2) is 65.2 Å². The highest BCUT2D eigenvalue weighted by Gasteiger charge is 2.15.